The van der Waals surface area contributed by atoms with Crippen molar-refractivity contribution in [3.05, 3.63) is 107 Å². The van der Waals surface area contributed by atoms with E-state index in [1.807, 2.05) is 48.5 Å². The summed E-state index contributed by atoms with van der Waals surface area (Å²) < 4.78 is 32.7. The Labute approximate surface area is 243 Å². The number of ether oxygens (including phenoxy) is 6. The maximum atomic E-state index is 5.73. The van der Waals surface area contributed by atoms with E-state index in [1.54, 1.807) is 42.7 Å². The summed E-state index contributed by atoms with van der Waals surface area (Å²) in [6.45, 7) is 2.06. The van der Waals surface area contributed by atoms with Crippen LogP contribution in [0.25, 0.3) is 11.1 Å². The topological polar surface area (TPSA) is 55.4 Å². The fraction of sp³-hybridized carbons (Fsp3) is 0.257. The van der Waals surface area contributed by atoms with Crippen molar-refractivity contribution >= 4 is 11.1 Å². The first-order valence-corrected chi connectivity index (χ1v) is 13.4. The molecular formula is C35H38O6. The minimum atomic E-state index is 0.754. The number of hydrogen-bond acceptors (Lipinski definition) is 6. The van der Waals surface area contributed by atoms with Crippen molar-refractivity contribution in [3.63, 3.8) is 0 Å². The lowest BCUT2D eigenvalue weighted by Crippen LogP contribution is -1.96. The standard InChI is InChI=1S/C27H28O5.C8H10O/c1-28-19-8-6-17(7-9-19)10-24-23(18-11-20(29-2)13-21(12-18)30-3)16-26-25(24)14-22(31-4)15-27(26)32-5;1-7-3-5-8(9-2)6-4-7/h6-9,11-15H,10,16H2,1-5H3;3-6H,1-2H3. The average molecular weight is 555 g/mol. The molecule has 214 valence electrons. The summed E-state index contributed by atoms with van der Waals surface area (Å²) in [5.74, 6) is 4.89. The van der Waals surface area contributed by atoms with Gasteiger partial charge in [-0.25, -0.2) is 0 Å². The molecule has 0 fully saturated rings. The van der Waals surface area contributed by atoms with Gasteiger partial charge in [0.2, 0.25) is 0 Å². The van der Waals surface area contributed by atoms with Gasteiger partial charge in [-0.15, -0.1) is 0 Å². The SMILES string of the molecule is COc1ccc(C)cc1.COc1ccc(CC2=C(c3cc(OC)cc(OC)c3)Cc3c(OC)cc(OC)cc32)cc1. The summed E-state index contributed by atoms with van der Waals surface area (Å²) in [5, 5.41) is 0. The van der Waals surface area contributed by atoms with Crippen molar-refractivity contribution in [2.24, 2.45) is 0 Å². The quantitative estimate of drug-likeness (QED) is 0.214. The Morgan fingerprint density at radius 1 is 0.537 bits per heavy atom. The van der Waals surface area contributed by atoms with Crippen LogP contribution in [0.2, 0.25) is 0 Å². The highest BCUT2D eigenvalue weighted by atomic mass is 16.5. The Balaban J connectivity index is 0.000000367. The number of benzene rings is 4. The second kappa shape index (κ2) is 13.7. The van der Waals surface area contributed by atoms with Gasteiger partial charge in [-0.1, -0.05) is 29.8 Å². The van der Waals surface area contributed by atoms with Crippen LogP contribution in [0, 0.1) is 6.92 Å². The third-order valence-electron chi connectivity index (χ3n) is 7.18. The molecule has 41 heavy (non-hydrogen) atoms. The minimum absolute atomic E-state index is 0.754. The zero-order valence-corrected chi connectivity index (χ0v) is 24.9. The molecule has 4 aromatic rings. The summed E-state index contributed by atoms with van der Waals surface area (Å²) in [7, 11) is 10.1. The van der Waals surface area contributed by atoms with Crippen molar-refractivity contribution in [2.45, 2.75) is 19.8 Å². The normalized spacial score (nSPS) is 11.7. The largest absolute Gasteiger partial charge is 0.497 e. The monoisotopic (exact) mass is 554 g/mol. The van der Waals surface area contributed by atoms with E-state index >= 15 is 0 Å². The molecule has 0 amide bonds. The van der Waals surface area contributed by atoms with E-state index in [0.717, 1.165) is 64.0 Å². The van der Waals surface area contributed by atoms with Crippen LogP contribution in [0.3, 0.4) is 0 Å². The Bertz CT molecular complexity index is 1460. The van der Waals surface area contributed by atoms with Crippen LogP contribution in [-0.2, 0) is 12.8 Å². The molecule has 0 aliphatic heterocycles. The number of methoxy groups -OCH3 is 6. The average Bonchev–Trinajstić information content (AvgIpc) is 3.39. The molecule has 0 heterocycles. The second-order valence-corrected chi connectivity index (χ2v) is 9.63. The van der Waals surface area contributed by atoms with Crippen molar-refractivity contribution in [2.75, 3.05) is 42.7 Å². The molecule has 0 saturated carbocycles. The molecule has 0 bridgehead atoms. The van der Waals surface area contributed by atoms with Crippen LogP contribution in [0.15, 0.2) is 78.9 Å². The molecular weight excluding hydrogens is 516 g/mol. The molecule has 0 radical (unpaired) electrons. The lowest BCUT2D eigenvalue weighted by Gasteiger charge is -2.13. The summed E-state index contributed by atoms with van der Waals surface area (Å²) in [4.78, 5) is 0. The predicted molar refractivity (Wildman–Crippen MR) is 164 cm³/mol. The van der Waals surface area contributed by atoms with Crippen LogP contribution in [0.5, 0.6) is 34.5 Å². The van der Waals surface area contributed by atoms with E-state index in [9.17, 15) is 0 Å². The summed E-state index contributed by atoms with van der Waals surface area (Å²) in [5.41, 5.74) is 8.29. The molecule has 4 aromatic carbocycles. The number of fused-ring (bicyclic) bond motifs is 1. The van der Waals surface area contributed by atoms with Gasteiger partial charge >= 0.3 is 0 Å². The maximum absolute atomic E-state index is 5.73. The van der Waals surface area contributed by atoms with E-state index in [1.165, 1.54) is 22.3 Å². The first-order valence-electron chi connectivity index (χ1n) is 13.4. The van der Waals surface area contributed by atoms with Gasteiger partial charge in [0.05, 0.1) is 42.7 Å². The second-order valence-electron chi connectivity index (χ2n) is 9.63. The van der Waals surface area contributed by atoms with Crippen LogP contribution >= 0.6 is 0 Å². The molecule has 0 aromatic heterocycles. The van der Waals surface area contributed by atoms with Crippen molar-refractivity contribution in [1.29, 1.82) is 0 Å². The molecule has 0 saturated heterocycles. The van der Waals surface area contributed by atoms with Crippen LogP contribution < -0.4 is 28.4 Å². The minimum Gasteiger partial charge on any atom is -0.497 e. The number of hydrogen-bond donors (Lipinski definition) is 0. The van der Waals surface area contributed by atoms with Crippen molar-refractivity contribution < 1.29 is 28.4 Å². The first-order chi connectivity index (χ1) is 19.9. The third kappa shape index (κ3) is 6.95. The van der Waals surface area contributed by atoms with Gasteiger partial charge in [0.1, 0.15) is 34.5 Å². The zero-order chi connectivity index (χ0) is 29.4. The van der Waals surface area contributed by atoms with E-state index in [4.69, 9.17) is 28.4 Å². The highest BCUT2D eigenvalue weighted by Crippen LogP contribution is 2.46. The van der Waals surface area contributed by atoms with Crippen molar-refractivity contribution in [1.82, 2.24) is 0 Å². The smallest absolute Gasteiger partial charge is 0.126 e. The maximum Gasteiger partial charge on any atom is 0.126 e. The first kappa shape index (κ1) is 29.4. The van der Waals surface area contributed by atoms with Crippen LogP contribution in [0.1, 0.15) is 27.8 Å². The molecule has 0 atom stereocenters. The molecule has 6 nitrogen and oxygen atoms in total. The number of aryl methyl sites for hydroxylation is 1. The fourth-order valence-electron chi connectivity index (χ4n) is 4.90. The lowest BCUT2D eigenvalue weighted by molar-refractivity contribution is 0.392. The van der Waals surface area contributed by atoms with E-state index in [-0.39, 0.29) is 0 Å². The third-order valence-corrected chi connectivity index (χ3v) is 7.18. The van der Waals surface area contributed by atoms with Gasteiger partial charge in [-0.3, -0.25) is 0 Å². The number of allylic oxidation sites excluding steroid dienone is 2. The summed E-state index contributed by atoms with van der Waals surface area (Å²) in [6, 6.07) is 26.2. The molecule has 0 unspecified atom stereocenters. The van der Waals surface area contributed by atoms with Gasteiger partial charge in [0.25, 0.3) is 0 Å². The van der Waals surface area contributed by atoms with Gasteiger partial charge in [-0.05, 0) is 83.6 Å². The Kier molecular flexibility index (Phi) is 9.80. The van der Waals surface area contributed by atoms with E-state index in [2.05, 4.69) is 37.3 Å². The Hall–Kier alpha value is -4.58. The van der Waals surface area contributed by atoms with E-state index < -0.39 is 0 Å². The van der Waals surface area contributed by atoms with Crippen molar-refractivity contribution in [3.8, 4) is 34.5 Å². The predicted octanol–water partition coefficient (Wildman–Crippen LogP) is 7.44. The Morgan fingerprint density at radius 3 is 1.56 bits per heavy atom. The zero-order valence-electron chi connectivity index (χ0n) is 24.9. The molecule has 5 rings (SSSR count). The number of rotatable bonds is 9. The van der Waals surface area contributed by atoms with Crippen LogP contribution in [0.4, 0.5) is 0 Å². The molecule has 0 spiro atoms. The summed E-state index contributed by atoms with van der Waals surface area (Å²) >= 11 is 0. The molecule has 1 aliphatic carbocycles. The van der Waals surface area contributed by atoms with E-state index in [0.29, 0.717) is 0 Å². The molecule has 0 N–H and O–H groups in total. The summed E-state index contributed by atoms with van der Waals surface area (Å²) in [6.07, 6.45) is 1.52. The van der Waals surface area contributed by atoms with Crippen LogP contribution in [-0.4, -0.2) is 42.7 Å². The fourth-order valence-corrected chi connectivity index (χ4v) is 4.90. The highest BCUT2D eigenvalue weighted by molar-refractivity contribution is 5.99. The van der Waals surface area contributed by atoms with Gasteiger partial charge in [-0.2, -0.15) is 0 Å². The molecule has 6 heteroatoms. The molecule has 1 aliphatic rings. The van der Waals surface area contributed by atoms with Gasteiger partial charge in [0, 0.05) is 24.1 Å². The highest BCUT2D eigenvalue weighted by Gasteiger charge is 2.27. The Morgan fingerprint density at radius 2 is 1.05 bits per heavy atom. The lowest BCUT2D eigenvalue weighted by atomic mass is 9.94. The van der Waals surface area contributed by atoms with Gasteiger partial charge in [0.15, 0.2) is 0 Å². The van der Waals surface area contributed by atoms with Gasteiger partial charge < -0.3 is 28.4 Å².